The van der Waals surface area contributed by atoms with Crippen LogP contribution >= 0.6 is 0 Å². The standard InChI is InChI=1S/C16H21N3O3/c1-2-8-18(16(20)13-6-7-14(17)10-13)11-12-4-3-5-15(9-12)19(21)22/h2-5,9,13-14H,1,6-8,10-11,17H2/t13-,14-/m0/s1. The number of hydrogen-bond donors (Lipinski definition) is 1. The predicted octanol–water partition coefficient (Wildman–Crippen LogP) is 2.24. The Balaban J connectivity index is 2.11. The number of rotatable bonds is 6. The Kier molecular flexibility index (Phi) is 5.27. The van der Waals surface area contributed by atoms with E-state index in [9.17, 15) is 14.9 Å². The van der Waals surface area contributed by atoms with Crippen LogP contribution in [0.25, 0.3) is 0 Å². The number of carbonyl (C=O) groups is 1. The van der Waals surface area contributed by atoms with Crippen molar-refractivity contribution in [1.29, 1.82) is 0 Å². The molecule has 0 radical (unpaired) electrons. The van der Waals surface area contributed by atoms with E-state index in [1.54, 1.807) is 23.1 Å². The molecule has 1 amide bonds. The molecule has 1 saturated carbocycles. The molecule has 6 nitrogen and oxygen atoms in total. The first-order valence-corrected chi connectivity index (χ1v) is 7.40. The third-order valence-electron chi connectivity index (χ3n) is 3.98. The Bertz CT molecular complexity index is 574. The number of carbonyl (C=O) groups excluding carboxylic acids is 1. The number of amides is 1. The van der Waals surface area contributed by atoms with Crippen molar-refractivity contribution < 1.29 is 9.72 Å². The van der Waals surface area contributed by atoms with E-state index in [2.05, 4.69) is 6.58 Å². The van der Waals surface area contributed by atoms with E-state index < -0.39 is 4.92 Å². The van der Waals surface area contributed by atoms with E-state index in [4.69, 9.17) is 5.73 Å². The summed E-state index contributed by atoms with van der Waals surface area (Å²) in [7, 11) is 0. The van der Waals surface area contributed by atoms with Crippen LogP contribution in [0, 0.1) is 16.0 Å². The minimum absolute atomic E-state index is 0.0337. The maximum Gasteiger partial charge on any atom is 0.269 e. The van der Waals surface area contributed by atoms with Gasteiger partial charge in [-0.25, -0.2) is 0 Å². The van der Waals surface area contributed by atoms with Crippen molar-refractivity contribution in [2.24, 2.45) is 11.7 Å². The summed E-state index contributed by atoms with van der Waals surface area (Å²) in [5.74, 6) is 0.00741. The summed E-state index contributed by atoms with van der Waals surface area (Å²) >= 11 is 0. The fraction of sp³-hybridized carbons (Fsp3) is 0.438. The molecule has 2 atom stereocenters. The second-order valence-electron chi connectivity index (χ2n) is 5.70. The molecule has 1 aromatic carbocycles. The number of nitrogens with two attached hydrogens (primary N) is 1. The second kappa shape index (κ2) is 7.17. The number of benzene rings is 1. The zero-order chi connectivity index (χ0) is 16.1. The van der Waals surface area contributed by atoms with Crippen LogP contribution in [0.4, 0.5) is 5.69 Å². The first-order chi connectivity index (χ1) is 10.5. The molecule has 0 bridgehead atoms. The van der Waals surface area contributed by atoms with Gasteiger partial charge in [-0.3, -0.25) is 14.9 Å². The Morgan fingerprint density at radius 1 is 1.50 bits per heavy atom. The Labute approximate surface area is 129 Å². The molecule has 1 aliphatic rings. The zero-order valence-electron chi connectivity index (χ0n) is 12.5. The third-order valence-corrected chi connectivity index (χ3v) is 3.98. The second-order valence-corrected chi connectivity index (χ2v) is 5.70. The van der Waals surface area contributed by atoms with Crippen LogP contribution in [0.5, 0.6) is 0 Å². The molecule has 22 heavy (non-hydrogen) atoms. The normalized spacial score (nSPS) is 20.6. The van der Waals surface area contributed by atoms with Gasteiger partial charge in [0.2, 0.25) is 5.91 Å². The highest BCUT2D eigenvalue weighted by molar-refractivity contribution is 5.79. The van der Waals surface area contributed by atoms with Crippen molar-refractivity contribution in [3.63, 3.8) is 0 Å². The fourth-order valence-corrected chi connectivity index (χ4v) is 2.88. The summed E-state index contributed by atoms with van der Waals surface area (Å²) in [6.45, 7) is 4.45. The van der Waals surface area contributed by atoms with Gasteiger partial charge in [-0.15, -0.1) is 6.58 Å². The molecule has 0 heterocycles. The van der Waals surface area contributed by atoms with Crippen molar-refractivity contribution >= 4 is 11.6 Å². The van der Waals surface area contributed by atoms with Crippen LogP contribution in [-0.2, 0) is 11.3 Å². The van der Waals surface area contributed by atoms with Gasteiger partial charge in [0.05, 0.1) is 4.92 Å². The first-order valence-electron chi connectivity index (χ1n) is 7.40. The van der Waals surface area contributed by atoms with E-state index in [1.807, 2.05) is 0 Å². The van der Waals surface area contributed by atoms with E-state index in [1.165, 1.54) is 12.1 Å². The summed E-state index contributed by atoms with van der Waals surface area (Å²) in [6, 6.07) is 6.46. The molecule has 1 aromatic rings. The van der Waals surface area contributed by atoms with Gasteiger partial charge in [0.15, 0.2) is 0 Å². The lowest BCUT2D eigenvalue weighted by molar-refractivity contribution is -0.384. The molecule has 0 spiro atoms. The van der Waals surface area contributed by atoms with Crippen LogP contribution < -0.4 is 5.73 Å². The lowest BCUT2D eigenvalue weighted by atomic mass is 10.1. The number of non-ortho nitro benzene ring substituents is 1. The molecule has 0 unspecified atom stereocenters. The molecular weight excluding hydrogens is 282 g/mol. The topological polar surface area (TPSA) is 89.5 Å². The number of nitro benzene ring substituents is 1. The molecule has 1 aliphatic carbocycles. The van der Waals surface area contributed by atoms with Crippen molar-refractivity contribution in [1.82, 2.24) is 4.90 Å². The van der Waals surface area contributed by atoms with Gasteiger partial charge in [-0.2, -0.15) is 0 Å². The summed E-state index contributed by atoms with van der Waals surface area (Å²) in [4.78, 5) is 24.7. The highest BCUT2D eigenvalue weighted by Crippen LogP contribution is 2.27. The molecule has 2 N–H and O–H groups in total. The molecule has 1 fully saturated rings. The minimum atomic E-state index is -0.431. The quantitative estimate of drug-likeness (QED) is 0.496. The van der Waals surface area contributed by atoms with Gasteiger partial charge in [-0.05, 0) is 24.8 Å². The monoisotopic (exact) mass is 303 g/mol. The summed E-state index contributed by atoms with van der Waals surface area (Å²) in [5, 5.41) is 10.8. The summed E-state index contributed by atoms with van der Waals surface area (Å²) in [6.07, 6.45) is 4.06. The molecular formula is C16H21N3O3. The molecule has 0 saturated heterocycles. The van der Waals surface area contributed by atoms with Crippen molar-refractivity contribution in [2.45, 2.75) is 31.8 Å². The number of nitro groups is 1. The highest BCUT2D eigenvalue weighted by atomic mass is 16.6. The average Bonchev–Trinajstić information content (AvgIpc) is 2.93. The third kappa shape index (κ3) is 3.92. The van der Waals surface area contributed by atoms with Crippen LogP contribution in [0.2, 0.25) is 0 Å². The van der Waals surface area contributed by atoms with Crippen molar-refractivity contribution in [3.05, 3.63) is 52.6 Å². The highest BCUT2D eigenvalue weighted by Gasteiger charge is 2.30. The Hall–Kier alpha value is -2.21. The SMILES string of the molecule is C=CCN(Cc1cccc([N+](=O)[O-])c1)C(=O)[C@H]1CC[C@H](N)C1. The predicted molar refractivity (Wildman–Crippen MR) is 84.0 cm³/mol. The average molecular weight is 303 g/mol. The van der Waals surface area contributed by atoms with E-state index >= 15 is 0 Å². The summed E-state index contributed by atoms with van der Waals surface area (Å²) < 4.78 is 0. The Morgan fingerprint density at radius 2 is 2.27 bits per heavy atom. The number of nitrogens with zero attached hydrogens (tertiary/aromatic N) is 2. The van der Waals surface area contributed by atoms with Gasteiger partial charge in [0.25, 0.3) is 5.69 Å². The lowest BCUT2D eigenvalue weighted by Crippen LogP contribution is -2.35. The van der Waals surface area contributed by atoms with Crippen molar-refractivity contribution in [3.8, 4) is 0 Å². The van der Waals surface area contributed by atoms with Gasteiger partial charge in [0, 0.05) is 37.2 Å². The molecule has 2 rings (SSSR count). The zero-order valence-corrected chi connectivity index (χ0v) is 12.5. The van der Waals surface area contributed by atoms with Crippen LogP contribution in [0.1, 0.15) is 24.8 Å². The van der Waals surface area contributed by atoms with E-state index in [-0.39, 0.29) is 23.6 Å². The minimum Gasteiger partial charge on any atom is -0.334 e. The summed E-state index contributed by atoms with van der Waals surface area (Å²) in [5.41, 5.74) is 6.65. The largest absolute Gasteiger partial charge is 0.334 e. The van der Waals surface area contributed by atoms with Crippen LogP contribution in [-0.4, -0.2) is 28.3 Å². The maximum atomic E-state index is 12.6. The van der Waals surface area contributed by atoms with Gasteiger partial charge in [0.1, 0.15) is 0 Å². The van der Waals surface area contributed by atoms with Crippen molar-refractivity contribution in [2.75, 3.05) is 6.54 Å². The van der Waals surface area contributed by atoms with Gasteiger partial charge < -0.3 is 10.6 Å². The van der Waals surface area contributed by atoms with Gasteiger partial charge >= 0.3 is 0 Å². The van der Waals surface area contributed by atoms with Crippen LogP contribution in [0.15, 0.2) is 36.9 Å². The first kappa shape index (κ1) is 16.2. The van der Waals surface area contributed by atoms with Crippen LogP contribution in [0.3, 0.4) is 0 Å². The smallest absolute Gasteiger partial charge is 0.269 e. The maximum absolute atomic E-state index is 12.6. The molecule has 0 aliphatic heterocycles. The lowest BCUT2D eigenvalue weighted by Gasteiger charge is -2.24. The van der Waals surface area contributed by atoms with Gasteiger partial charge in [-0.1, -0.05) is 18.2 Å². The molecule has 0 aromatic heterocycles. The fourth-order valence-electron chi connectivity index (χ4n) is 2.88. The van der Waals surface area contributed by atoms with E-state index in [0.29, 0.717) is 19.5 Å². The molecule has 118 valence electrons. The van der Waals surface area contributed by atoms with E-state index in [0.717, 1.165) is 18.4 Å². The molecule has 6 heteroatoms. The number of hydrogen-bond acceptors (Lipinski definition) is 4. The Morgan fingerprint density at radius 3 is 2.86 bits per heavy atom.